The lowest BCUT2D eigenvalue weighted by molar-refractivity contribution is -0.137. The first kappa shape index (κ1) is 16.4. The van der Waals surface area contributed by atoms with Crippen LogP contribution in [0, 0.1) is 0 Å². The number of carbonyl (C=O) groups is 1. The maximum atomic E-state index is 11.9. The zero-order chi connectivity index (χ0) is 15.6. The van der Waals surface area contributed by atoms with Gasteiger partial charge in [0.05, 0.1) is 6.42 Å². The van der Waals surface area contributed by atoms with Gasteiger partial charge in [-0.2, -0.15) is 17.8 Å². The van der Waals surface area contributed by atoms with Gasteiger partial charge in [0.15, 0.2) is 5.82 Å². The smallest absolute Gasteiger partial charge is 0.304 e. The number of H-pyrrole nitrogens is 1. The second-order valence-electron chi connectivity index (χ2n) is 5.49. The fourth-order valence-corrected chi connectivity index (χ4v) is 2.20. The molecule has 0 unspecified atom stereocenters. The van der Waals surface area contributed by atoms with Gasteiger partial charge in [0.1, 0.15) is 0 Å². The van der Waals surface area contributed by atoms with Crippen LogP contribution in [0.4, 0.5) is 5.82 Å². The Morgan fingerprint density at radius 3 is 2.55 bits per heavy atom. The van der Waals surface area contributed by atoms with Crippen molar-refractivity contribution in [2.45, 2.75) is 32.6 Å². The number of rotatable bonds is 6. The van der Waals surface area contributed by atoms with E-state index in [1.54, 1.807) is 6.07 Å². The van der Waals surface area contributed by atoms with Crippen LogP contribution in [0.2, 0.25) is 0 Å². The lowest BCUT2D eigenvalue weighted by Crippen LogP contribution is -2.34. The molecule has 1 heterocycles. The highest BCUT2D eigenvalue weighted by atomic mass is 32.2. The third-order valence-corrected chi connectivity index (χ3v) is 4.14. The molecule has 0 atom stereocenters. The van der Waals surface area contributed by atoms with Gasteiger partial charge >= 0.3 is 16.2 Å². The van der Waals surface area contributed by atoms with E-state index in [0.29, 0.717) is 0 Å². The van der Waals surface area contributed by atoms with Gasteiger partial charge in [-0.1, -0.05) is 20.8 Å². The molecule has 0 fully saturated rings. The first-order chi connectivity index (χ1) is 9.02. The maximum Gasteiger partial charge on any atom is 0.304 e. The van der Waals surface area contributed by atoms with Gasteiger partial charge in [-0.05, 0) is 0 Å². The zero-order valence-electron chi connectivity index (χ0n) is 12.0. The van der Waals surface area contributed by atoms with Gasteiger partial charge in [0.25, 0.3) is 0 Å². The molecule has 0 amide bonds. The second kappa shape index (κ2) is 5.80. The van der Waals surface area contributed by atoms with Crippen LogP contribution < -0.4 is 4.72 Å². The van der Waals surface area contributed by atoms with Crippen molar-refractivity contribution in [3.05, 3.63) is 11.8 Å². The summed E-state index contributed by atoms with van der Waals surface area (Å²) in [5.74, 6) is -0.876. The van der Waals surface area contributed by atoms with Crippen LogP contribution in [0.3, 0.4) is 0 Å². The molecule has 114 valence electrons. The molecule has 0 aliphatic heterocycles. The SMILES string of the molecule is CN(CCC(=O)O)S(=O)(=O)Nc1cc(C(C)(C)C)[nH]n1. The normalized spacial score (nSPS) is 12.7. The van der Waals surface area contributed by atoms with Gasteiger partial charge in [-0.3, -0.25) is 14.6 Å². The van der Waals surface area contributed by atoms with E-state index in [1.807, 2.05) is 20.8 Å². The van der Waals surface area contributed by atoms with E-state index in [9.17, 15) is 13.2 Å². The molecule has 20 heavy (non-hydrogen) atoms. The second-order valence-corrected chi connectivity index (χ2v) is 7.27. The number of aliphatic carboxylic acids is 1. The Labute approximate surface area is 118 Å². The Morgan fingerprint density at radius 1 is 1.50 bits per heavy atom. The molecule has 0 aliphatic carbocycles. The number of hydrogen-bond donors (Lipinski definition) is 3. The van der Waals surface area contributed by atoms with Crippen LogP contribution in [0.25, 0.3) is 0 Å². The van der Waals surface area contributed by atoms with Gasteiger partial charge in [-0.15, -0.1) is 0 Å². The van der Waals surface area contributed by atoms with Gasteiger partial charge in [-0.25, -0.2) is 0 Å². The van der Waals surface area contributed by atoms with E-state index in [-0.39, 0.29) is 24.2 Å². The Balaban J connectivity index is 2.76. The number of nitrogens with zero attached hydrogens (tertiary/aromatic N) is 2. The topological polar surface area (TPSA) is 115 Å². The van der Waals surface area contributed by atoms with Gasteiger partial charge in [0.2, 0.25) is 0 Å². The largest absolute Gasteiger partial charge is 0.481 e. The summed E-state index contributed by atoms with van der Waals surface area (Å²) < 4.78 is 27.1. The molecule has 3 N–H and O–H groups in total. The number of aromatic amines is 1. The Morgan fingerprint density at radius 2 is 2.10 bits per heavy atom. The Kier molecular flexibility index (Phi) is 4.77. The molecule has 0 radical (unpaired) electrons. The van der Waals surface area contributed by atoms with Crippen LogP contribution in [-0.2, 0) is 20.4 Å². The van der Waals surface area contributed by atoms with E-state index in [4.69, 9.17) is 5.11 Å². The highest BCUT2D eigenvalue weighted by Crippen LogP contribution is 2.22. The lowest BCUT2D eigenvalue weighted by Gasteiger charge is -2.16. The highest BCUT2D eigenvalue weighted by Gasteiger charge is 2.22. The average Bonchev–Trinajstić information content (AvgIpc) is 2.72. The quantitative estimate of drug-likeness (QED) is 0.718. The number of anilines is 1. The summed E-state index contributed by atoms with van der Waals surface area (Å²) in [6.45, 7) is 5.80. The summed E-state index contributed by atoms with van der Waals surface area (Å²) in [5.41, 5.74) is 0.620. The Bertz CT molecular complexity index is 573. The number of hydrogen-bond acceptors (Lipinski definition) is 4. The first-order valence-corrected chi connectivity index (χ1v) is 7.48. The number of nitrogens with one attached hydrogen (secondary N) is 2. The van der Waals surface area contributed by atoms with Crippen molar-refractivity contribution in [3.63, 3.8) is 0 Å². The van der Waals surface area contributed by atoms with Crippen molar-refractivity contribution >= 4 is 22.0 Å². The molecular weight excluding hydrogens is 284 g/mol. The van der Waals surface area contributed by atoms with Crippen molar-refractivity contribution in [2.24, 2.45) is 0 Å². The van der Waals surface area contributed by atoms with E-state index in [2.05, 4.69) is 14.9 Å². The van der Waals surface area contributed by atoms with Crippen molar-refractivity contribution in [1.29, 1.82) is 0 Å². The number of aromatic nitrogens is 2. The molecule has 0 saturated carbocycles. The molecule has 1 aromatic heterocycles. The summed E-state index contributed by atoms with van der Waals surface area (Å²) in [5, 5.41) is 15.2. The van der Waals surface area contributed by atoms with Crippen LogP contribution in [0.1, 0.15) is 32.9 Å². The third kappa shape index (κ3) is 4.49. The molecule has 0 saturated heterocycles. The lowest BCUT2D eigenvalue weighted by atomic mass is 9.92. The van der Waals surface area contributed by atoms with Crippen LogP contribution in [0.15, 0.2) is 6.07 Å². The van der Waals surface area contributed by atoms with Crippen LogP contribution in [0.5, 0.6) is 0 Å². The average molecular weight is 304 g/mol. The fraction of sp³-hybridized carbons (Fsp3) is 0.636. The summed E-state index contributed by atoms with van der Waals surface area (Å²) in [7, 11) is -2.50. The van der Waals surface area contributed by atoms with Crippen LogP contribution >= 0.6 is 0 Å². The molecule has 0 bridgehead atoms. The minimum absolute atomic E-state index is 0.110. The zero-order valence-corrected chi connectivity index (χ0v) is 12.8. The monoisotopic (exact) mass is 304 g/mol. The van der Waals surface area contributed by atoms with E-state index < -0.39 is 16.2 Å². The molecule has 0 aromatic carbocycles. The van der Waals surface area contributed by atoms with Crippen LogP contribution in [-0.4, -0.2) is 47.6 Å². The standard InChI is InChI=1S/C11H20N4O4S/c1-11(2,3)8-7-9(13-12-8)14-20(18,19)15(4)6-5-10(16)17/h7H,5-6H2,1-4H3,(H,16,17)(H2,12,13,14). The van der Waals surface area contributed by atoms with E-state index >= 15 is 0 Å². The highest BCUT2D eigenvalue weighted by molar-refractivity contribution is 7.90. The molecule has 1 aromatic rings. The summed E-state index contributed by atoms with van der Waals surface area (Å²) in [6, 6.07) is 1.61. The van der Waals surface area contributed by atoms with E-state index in [0.717, 1.165) is 10.00 Å². The number of carboxylic acids is 1. The van der Waals surface area contributed by atoms with E-state index in [1.165, 1.54) is 7.05 Å². The van der Waals surface area contributed by atoms with Crippen molar-refractivity contribution in [1.82, 2.24) is 14.5 Å². The molecule has 0 aliphatic rings. The predicted molar refractivity (Wildman–Crippen MR) is 74.7 cm³/mol. The molecular formula is C11H20N4O4S. The maximum absolute atomic E-state index is 11.9. The molecule has 8 nitrogen and oxygen atoms in total. The molecule has 9 heteroatoms. The van der Waals surface area contributed by atoms with Crippen molar-refractivity contribution < 1.29 is 18.3 Å². The summed E-state index contributed by atoms with van der Waals surface area (Å²) >= 11 is 0. The predicted octanol–water partition coefficient (Wildman–Crippen LogP) is 0.770. The van der Waals surface area contributed by atoms with Crippen molar-refractivity contribution in [3.8, 4) is 0 Å². The third-order valence-electron chi connectivity index (χ3n) is 2.67. The molecule has 0 spiro atoms. The Hall–Kier alpha value is -1.61. The minimum atomic E-state index is -3.80. The van der Waals surface area contributed by atoms with Crippen molar-refractivity contribution in [2.75, 3.05) is 18.3 Å². The summed E-state index contributed by atoms with van der Waals surface area (Å²) in [6.07, 6.45) is -0.259. The fourth-order valence-electron chi connectivity index (χ4n) is 1.34. The first-order valence-electron chi connectivity index (χ1n) is 6.04. The van der Waals surface area contributed by atoms with Gasteiger partial charge in [0, 0.05) is 30.8 Å². The summed E-state index contributed by atoms with van der Waals surface area (Å²) in [4.78, 5) is 10.4. The number of carboxylic acid groups (broad SMARTS) is 1. The molecule has 1 rings (SSSR count). The van der Waals surface area contributed by atoms with Gasteiger partial charge < -0.3 is 5.11 Å². The minimum Gasteiger partial charge on any atom is -0.481 e.